The van der Waals surface area contributed by atoms with Crippen LogP contribution in [0, 0.1) is 22.7 Å². The highest BCUT2D eigenvalue weighted by molar-refractivity contribution is 5.86. The van der Waals surface area contributed by atoms with Gasteiger partial charge >= 0.3 is 5.97 Å². The van der Waals surface area contributed by atoms with Crippen molar-refractivity contribution in [2.24, 2.45) is 0 Å². The first-order chi connectivity index (χ1) is 13.5. The molecule has 1 N–H and O–H groups in total. The van der Waals surface area contributed by atoms with Crippen molar-refractivity contribution >= 4 is 11.8 Å². The molecule has 1 aromatic carbocycles. The molecule has 28 heavy (non-hydrogen) atoms. The standard InChI is InChI=1S/C20H18N4O4/c1-4-26-20(25)11(2)18-13(8-21)17(14(9-22)19(23-3)24-18)12-5-6-15-16(7-12)28-10-27-15/h5-7,11H,4,10H2,1-3H3,(H,23,24). The molecule has 1 aliphatic rings. The number of nitriles is 2. The van der Waals surface area contributed by atoms with E-state index in [1.165, 1.54) is 0 Å². The Morgan fingerprint density at radius 3 is 2.64 bits per heavy atom. The Bertz CT molecular complexity index is 1020. The smallest absolute Gasteiger partial charge is 0.314 e. The zero-order chi connectivity index (χ0) is 20.3. The summed E-state index contributed by atoms with van der Waals surface area (Å²) in [7, 11) is 1.62. The van der Waals surface area contributed by atoms with E-state index in [-0.39, 0.29) is 36.0 Å². The van der Waals surface area contributed by atoms with Crippen LogP contribution in [0.3, 0.4) is 0 Å². The summed E-state index contributed by atoms with van der Waals surface area (Å²) in [5.74, 6) is 0.120. The number of ether oxygens (including phenoxy) is 3. The van der Waals surface area contributed by atoms with Gasteiger partial charge in [-0.3, -0.25) is 4.79 Å². The van der Waals surface area contributed by atoms with Crippen LogP contribution >= 0.6 is 0 Å². The molecule has 0 fully saturated rings. The molecule has 8 nitrogen and oxygen atoms in total. The van der Waals surface area contributed by atoms with Crippen LogP contribution < -0.4 is 14.8 Å². The molecule has 0 saturated carbocycles. The Kier molecular flexibility index (Phi) is 5.32. The first-order valence-corrected chi connectivity index (χ1v) is 8.68. The maximum atomic E-state index is 12.3. The zero-order valence-corrected chi connectivity index (χ0v) is 15.7. The third-order valence-electron chi connectivity index (χ3n) is 4.40. The first-order valence-electron chi connectivity index (χ1n) is 8.68. The molecule has 0 spiro atoms. The number of aromatic nitrogens is 1. The van der Waals surface area contributed by atoms with E-state index in [0.717, 1.165) is 0 Å². The van der Waals surface area contributed by atoms with Gasteiger partial charge in [0.25, 0.3) is 0 Å². The molecule has 1 unspecified atom stereocenters. The molecule has 1 atom stereocenters. The number of anilines is 1. The van der Waals surface area contributed by atoms with Crippen molar-refractivity contribution in [2.45, 2.75) is 19.8 Å². The molecule has 1 aromatic heterocycles. The molecule has 1 aliphatic heterocycles. The summed E-state index contributed by atoms with van der Waals surface area (Å²) in [6, 6.07) is 9.39. The van der Waals surface area contributed by atoms with E-state index in [0.29, 0.717) is 22.6 Å². The highest BCUT2D eigenvalue weighted by Gasteiger charge is 2.28. The van der Waals surface area contributed by atoms with Gasteiger partial charge in [-0.25, -0.2) is 4.98 Å². The van der Waals surface area contributed by atoms with Crippen molar-refractivity contribution in [3.63, 3.8) is 0 Å². The lowest BCUT2D eigenvalue weighted by Crippen LogP contribution is -2.17. The zero-order valence-electron chi connectivity index (χ0n) is 15.7. The fourth-order valence-electron chi connectivity index (χ4n) is 3.04. The van der Waals surface area contributed by atoms with Gasteiger partial charge in [0, 0.05) is 12.6 Å². The largest absolute Gasteiger partial charge is 0.465 e. The lowest BCUT2D eigenvalue weighted by atomic mass is 9.90. The number of hydrogen-bond donors (Lipinski definition) is 1. The van der Waals surface area contributed by atoms with Gasteiger partial charge in [0.1, 0.15) is 23.5 Å². The van der Waals surface area contributed by atoms with Crippen molar-refractivity contribution in [1.29, 1.82) is 10.5 Å². The molecular formula is C20H18N4O4. The first kappa shape index (κ1) is 19.0. The normalized spacial score (nSPS) is 12.6. The summed E-state index contributed by atoms with van der Waals surface area (Å²) in [4.78, 5) is 16.7. The van der Waals surface area contributed by atoms with E-state index >= 15 is 0 Å². The summed E-state index contributed by atoms with van der Waals surface area (Å²) in [5, 5.41) is 22.5. The predicted molar refractivity (Wildman–Crippen MR) is 99.8 cm³/mol. The molecule has 0 radical (unpaired) electrons. The summed E-state index contributed by atoms with van der Waals surface area (Å²) in [5.41, 5.74) is 1.58. The molecule has 2 aromatic rings. The van der Waals surface area contributed by atoms with Crippen LogP contribution in [0.5, 0.6) is 11.5 Å². The van der Waals surface area contributed by atoms with E-state index < -0.39 is 11.9 Å². The molecule has 3 rings (SSSR count). The van der Waals surface area contributed by atoms with Crippen LogP contribution in [0.1, 0.15) is 36.6 Å². The van der Waals surface area contributed by atoms with Gasteiger partial charge in [-0.2, -0.15) is 10.5 Å². The number of nitrogens with zero attached hydrogens (tertiary/aromatic N) is 3. The average molecular weight is 378 g/mol. The number of carbonyl (C=O) groups excluding carboxylic acids is 1. The SMILES string of the molecule is CCOC(=O)C(C)c1nc(NC)c(C#N)c(-c2ccc3c(c2)OCO3)c1C#N. The van der Waals surface area contributed by atoms with Crippen molar-refractivity contribution in [3.05, 3.63) is 35.0 Å². The molecule has 0 aliphatic carbocycles. The predicted octanol–water partition coefficient (Wildman–Crippen LogP) is 2.93. The van der Waals surface area contributed by atoms with Crippen LogP contribution in [0.2, 0.25) is 0 Å². The van der Waals surface area contributed by atoms with Gasteiger partial charge in [0.2, 0.25) is 6.79 Å². The van der Waals surface area contributed by atoms with E-state index in [9.17, 15) is 15.3 Å². The molecule has 0 saturated heterocycles. The number of hydrogen-bond acceptors (Lipinski definition) is 8. The van der Waals surface area contributed by atoms with Crippen LogP contribution in [-0.2, 0) is 9.53 Å². The quantitative estimate of drug-likeness (QED) is 0.789. The second-order valence-corrected chi connectivity index (χ2v) is 5.99. The highest BCUT2D eigenvalue weighted by Crippen LogP contribution is 2.40. The van der Waals surface area contributed by atoms with Crippen molar-refractivity contribution < 1.29 is 19.0 Å². The number of fused-ring (bicyclic) bond motifs is 1. The van der Waals surface area contributed by atoms with E-state index in [1.807, 2.05) is 0 Å². The lowest BCUT2D eigenvalue weighted by molar-refractivity contribution is -0.144. The van der Waals surface area contributed by atoms with Gasteiger partial charge < -0.3 is 19.5 Å². The minimum absolute atomic E-state index is 0.109. The number of esters is 1. The van der Waals surface area contributed by atoms with Crippen molar-refractivity contribution in [3.8, 4) is 34.8 Å². The second-order valence-electron chi connectivity index (χ2n) is 5.99. The Morgan fingerprint density at radius 1 is 1.29 bits per heavy atom. The van der Waals surface area contributed by atoms with Crippen LogP contribution in [0.15, 0.2) is 18.2 Å². The lowest BCUT2D eigenvalue weighted by Gasteiger charge is -2.18. The van der Waals surface area contributed by atoms with Gasteiger partial charge in [-0.05, 0) is 31.5 Å². The third-order valence-corrected chi connectivity index (χ3v) is 4.40. The molecule has 2 heterocycles. The molecule has 8 heteroatoms. The maximum Gasteiger partial charge on any atom is 0.314 e. The molecular weight excluding hydrogens is 360 g/mol. The van der Waals surface area contributed by atoms with Crippen LogP contribution in [0.25, 0.3) is 11.1 Å². The summed E-state index contributed by atoms with van der Waals surface area (Å²) >= 11 is 0. The topological polar surface area (TPSA) is 117 Å². The van der Waals surface area contributed by atoms with Crippen LogP contribution in [0.4, 0.5) is 5.82 Å². The van der Waals surface area contributed by atoms with Crippen molar-refractivity contribution in [2.75, 3.05) is 25.8 Å². The molecule has 142 valence electrons. The van der Waals surface area contributed by atoms with Gasteiger partial charge in [-0.1, -0.05) is 6.07 Å². The summed E-state index contributed by atoms with van der Waals surface area (Å²) < 4.78 is 15.8. The Labute approximate surface area is 162 Å². The highest BCUT2D eigenvalue weighted by atomic mass is 16.7. The minimum atomic E-state index is -0.776. The number of benzene rings is 1. The average Bonchev–Trinajstić information content (AvgIpc) is 3.19. The second kappa shape index (κ2) is 7.85. The summed E-state index contributed by atoms with van der Waals surface area (Å²) in [6.07, 6.45) is 0. The maximum absolute atomic E-state index is 12.3. The van der Waals surface area contributed by atoms with E-state index in [2.05, 4.69) is 22.4 Å². The number of carbonyl (C=O) groups is 1. The van der Waals surface area contributed by atoms with Gasteiger partial charge in [0.05, 0.1) is 23.8 Å². The number of rotatable bonds is 5. The Hall–Kier alpha value is -3.78. The van der Waals surface area contributed by atoms with E-state index in [4.69, 9.17) is 14.2 Å². The number of nitrogens with one attached hydrogen (secondary N) is 1. The van der Waals surface area contributed by atoms with Gasteiger partial charge in [-0.15, -0.1) is 0 Å². The van der Waals surface area contributed by atoms with Crippen molar-refractivity contribution in [1.82, 2.24) is 4.98 Å². The summed E-state index contributed by atoms with van der Waals surface area (Å²) in [6.45, 7) is 3.66. The Morgan fingerprint density at radius 2 is 2.00 bits per heavy atom. The molecule has 0 bridgehead atoms. The monoisotopic (exact) mass is 378 g/mol. The minimum Gasteiger partial charge on any atom is -0.465 e. The van der Waals surface area contributed by atoms with E-state index in [1.54, 1.807) is 39.1 Å². The Balaban J connectivity index is 2.28. The third kappa shape index (κ3) is 3.17. The van der Waals surface area contributed by atoms with Crippen LogP contribution in [-0.4, -0.2) is 31.4 Å². The molecule has 0 amide bonds. The fourth-order valence-corrected chi connectivity index (χ4v) is 3.04. The van der Waals surface area contributed by atoms with Gasteiger partial charge in [0.15, 0.2) is 11.5 Å². The fraction of sp³-hybridized carbons (Fsp3) is 0.300. The number of pyridine rings is 1.